The first-order valence-corrected chi connectivity index (χ1v) is 7.27. The smallest absolute Gasteiger partial charge is 0.433 e. The molecule has 2 aromatic heterocycles. The first-order chi connectivity index (χ1) is 11.0. The second kappa shape index (κ2) is 6.49. The van der Waals surface area contributed by atoms with Crippen molar-refractivity contribution in [3.63, 3.8) is 0 Å². The van der Waals surface area contributed by atoms with Crippen LogP contribution in [0.15, 0.2) is 30.7 Å². The fourth-order valence-electron chi connectivity index (χ4n) is 2.51. The van der Waals surface area contributed by atoms with Crippen LogP contribution in [0.4, 0.5) is 13.2 Å². The Labute approximate surface area is 130 Å². The Hall–Kier alpha value is -2.22. The molecule has 23 heavy (non-hydrogen) atoms. The molecule has 122 valence electrons. The Bertz CT molecular complexity index is 655. The van der Waals surface area contributed by atoms with E-state index in [1.165, 1.54) is 12.3 Å². The van der Waals surface area contributed by atoms with Crippen LogP contribution < -0.4 is 10.1 Å². The Morgan fingerprint density at radius 1 is 1.04 bits per heavy atom. The molecular formula is C15H15F3N4O. The first-order valence-electron chi connectivity index (χ1n) is 7.27. The molecule has 5 nitrogen and oxygen atoms in total. The molecule has 1 aliphatic heterocycles. The van der Waals surface area contributed by atoms with Crippen LogP contribution in [0, 0.1) is 0 Å². The lowest BCUT2D eigenvalue weighted by Crippen LogP contribution is -2.27. The lowest BCUT2D eigenvalue weighted by molar-refractivity contribution is -0.141. The zero-order valence-electron chi connectivity index (χ0n) is 12.2. The zero-order chi connectivity index (χ0) is 16.3. The molecule has 0 saturated carbocycles. The number of ether oxygens (including phenoxy) is 1. The van der Waals surface area contributed by atoms with Gasteiger partial charge in [-0.05, 0) is 38.1 Å². The molecule has 0 aliphatic carbocycles. The minimum absolute atomic E-state index is 0.202. The number of nitrogens with zero attached hydrogens (tertiary/aromatic N) is 3. The third-order valence-electron chi connectivity index (χ3n) is 3.66. The summed E-state index contributed by atoms with van der Waals surface area (Å²) < 4.78 is 43.2. The van der Waals surface area contributed by atoms with E-state index in [2.05, 4.69) is 20.3 Å². The molecule has 0 unspecified atom stereocenters. The maximum absolute atomic E-state index is 12.5. The van der Waals surface area contributed by atoms with Crippen molar-refractivity contribution in [1.29, 1.82) is 0 Å². The first kappa shape index (κ1) is 15.7. The Balaban J connectivity index is 1.80. The van der Waals surface area contributed by atoms with Gasteiger partial charge in [-0.3, -0.25) is 4.98 Å². The van der Waals surface area contributed by atoms with E-state index < -0.39 is 11.9 Å². The predicted octanol–water partition coefficient (Wildman–Crippen LogP) is 3.15. The molecule has 1 fully saturated rings. The topological polar surface area (TPSA) is 59.9 Å². The summed E-state index contributed by atoms with van der Waals surface area (Å²) in [6.45, 7) is 1.78. The average Bonchev–Trinajstić information content (AvgIpc) is 2.56. The van der Waals surface area contributed by atoms with Crippen LogP contribution in [-0.4, -0.2) is 28.0 Å². The largest absolute Gasteiger partial charge is 0.436 e. The molecule has 8 heteroatoms. The second-order valence-corrected chi connectivity index (χ2v) is 5.25. The van der Waals surface area contributed by atoms with Crippen LogP contribution in [0.1, 0.15) is 30.1 Å². The van der Waals surface area contributed by atoms with Gasteiger partial charge in [0.2, 0.25) is 5.88 Å². The van der Waals surface area contributed by atoms with Gasteiger partial charge in [0.15, 0.2) is 0 Å². The lowest BCUT2D eigenvalue weighted by atomic mass is 9.94. The summed E-state index contributed by atoms with van der Waals surface area (Å²) in [4.78, 5) is 11.9. The van der Waals surface area contributed by atoms with Crippen LogP contribution in [0.5, 0.6) is 11.6 Å². The van der Waals surface area contributed by atoms with E-state index in [4.69, 9.17) is 4.74 Å². The summed E-state index contributed by atoms with van der Waals surface area (Å²) in [6, 6.07) is 2.12. The van der Waals surface area contributed by atoms with Crippen LogP contribution in [-0.2, 0) is 6.18 Å². The van der Waals surface area contributed by atoms with E-state index in [-0.39, 0.29) is 11.7 Å². The summed E-state index contributed by atoms with van der Waals surface area (Å²) >= 11 is 0. The molecule has 1 saturated heterocycles. The average molecular weight is 324 g/mol. The van der Waals surface area contributed by atoms with Crippen LogP contribution >= 0.6 is 0 Å². The minimum atomic E-state index is -4.47. The van der Waals surface area contributed by atoms with E-state index in [1.54, 1.807) is 6.20 Å². The molecule has 0 radical (unpaired) electrons. The highest BCUT2D eigenvalue weighted by Gasteiger charge is 2.32. The Morgan fingerprint density at radius 2 is 1.78 bits per heavy atom. The summed E-state index contributed by atoms with van der Waals surface area (Å²) in [6.07, 6.45) is 1.50. The van der Waals surface area contributed by atoms with Crippen LogP contribution in [0.25, 0.3) is 0 Å². The second-order valence-electron chi connectivity index (χ2n) is 5.25. The van der Waals surface area contributed by atoms with Crippen LogP contribution in [0.2, 0.25) is 0 Å². The number of hydrogen-bond acceptors (Lipinski definition) is 5. The summed E-state index contributed by atoms with van der Waals surface area (Å²) in [5, 5.41) is 3.27. The van der Waals surface area contributed by atoms with Gasteiger partial charge >= 0.3 is 6.18 Å². The number of nitrogens with one attached hydrogen (secondary N) is 1. The zero-order valence-corrected chi connectivity index (χ0v) is 12.2. The molecule has 2 aromatic rings. The third kappa shape index (κ3) is 3.76. The van der Waals surface area contributed by atoms with Crippen molar-refractivity contribution >= 4 is 0 Å². The Kier molecular flexibility index (Phi) is 4.42. The fourth-order valence-corrected chi connectivity index (χ4v) is 2.51. The standard InChI is InChI=1S/C15H15F3N4O/c16-15(17,18)12-2-1-11(9-22-12)23-14-13(20-7-8-21-14)10-3-5-19-6-4-10/h1-2,7-10,19H,3-6H2. The number of halogens is 3. The molecule has 0 spiro atoms. The number of rotatable bonds is 3. The quantitative estimate of drug-likeness (QED) is 0.940. The highest BCUT2D eigenvalue weighted by Crippen LogP contribution is 2.33. The SMILES string of the molecule is FC(F)(F)c1ccc(Oc2nccnc2C2CCNCC2)cn1. The normalized spacial score (nSPS) is 16.3. The van der Waals surface area contributed by atoms with Crippen molar-refractivity contribution in [2.24, 2.45) is 0 Å². The van der Waals surface area contributed by atoms with E-state index in [0.29, 0.717) is 5.88 Å². The third-order valence-corrected chi connectivity index (χ3v) is 3.66. The number of alkyl halides is 3. The van der Waals surface area contributed by atoms with Crippen molar-refractivity contribution in [2.75, 3.05) is 13.1 Å². The number of hydrogen-bond donors (Lipinski definition) is 1. The molecule has 3 rings (SSSR count). The molecule has 0 aromatic carbocycles. The van der Waals surface area contributed by atoms with Gasteiger partial charge in [0.25, 0.3) is 0 Å². The van der Waals surface area contributed by atoms with Gasteiger partial charge < -0.3 is 10.1 Å². The Morgan fingerprint density at radius 3 is 2.43 bits per heavy atom. The van der Waals surface area contributed by atoms with Gasteiger partial charge in [-0.15, -0.1) is 0 Å². The molecule has 1 N–H and O–H groups in total. The molecule has 0 bridgehead atoms. The van der Waals surface area contributed by atoms with E-state index in [1.807, 2.05) is 0 Å². The monoisotopic (exact) mass is 324 g/mol. The highest BCUT2D eigenvalue weighted by atomic mass is 19.4. The van der Waals surface area contributed by atoms with Gasteiger partial charge in [0.1, 0.15) is 17.1 Å². The predicted molar refractivity (Wildman–Crippen MR) is 76.2 cm³/mol. The van der Waals surface area contributed by atoms with Crippen molar-refractivity contribution in [1.82, 2.24) is 20.3 Å². The van der Waals surface area contributed by atoms with Gasteiger partial charge in [0.05, 0.1) is 6.20 Å². The molecule has 3 heterocycles. The number of aromatic nitrogens is 3. The fraction of sp³-hybridized carbons (Fsp3) is 0.400. The lowest BCUT2D eigenvalue weighted by Gasteiger charge is -2.23. The number of pyridine rings is 1. The highest BCUT2D eigenvalue weighted by molar-refractivity contribution is 5.30. The van der Waals surface area contributed by atoms with Crippen molar-refractivity contribution < 1.29 is 17.9 Å². The van der Waals surface area contributed by atoms with Crippen LogP contribution in [0.3, 0.4) is 0 Å². The van der Waals surface area contributed by atoms with Gasteiger partial charge in [-0.2, -0.15) is 13.2 Å². The molecular weight excluding hydrogens is 309 g/mol. The van der Waals surface area contributed by atoms with Crippen molar-refractivity contribution in [3.05, 3.63) is 42.1 Å². The van der Waals surface area contributed by atoms with Gasteiger partial charge in [0, 0.05) is 18.3 Å². The maximum Gasteiger partial charge on any atom is 0.433 e. The molecule has 0 atom stereocenters. The maximum atomic E-state index is 12.5. The summed E-state index contributed by atoms with van der Waals surface area (Å²) in [7, 11) is 0. The summed E-state index contributed by atoms with van der Waals surface area (Å²) in [5.74, 6) is 0.747. The molecule has 1 aliphatic rings. The van der Waals surface area contributed by atoms with E-state index in [9.17, 15) is 13.2 Å². The van der Waals surface area contributed by atoms with E-state index in [0.717, 1.165) is 43.9 Å². The van der Waals surface area contributed by atoms with Gasteiger partial charge in [-0.25, -0.2) is 9.97 Å². The number of piperidine rings is 1. The van der Waals surface area contributed by atoms with Crippen molar-refractivity contribution in [2.45, 2.75) is 24.9 Å². The molecule has 0 amide bonds. The minimum Gasteiger partial charge on any atom is -0.436 e. The van der Waals surface area contributed by atoms with E-state index >= 15 is 0 Å². The van der Waals surface area contributed by atoms with Gasteiger partial charge in [-0.1, -0.05) is 0 Å². The summed E-state index contributed by atoms with van der Waals surface area (Å²) in [5.41, 5.74) is -0.225. The van der Waals surface area contributed by atoms with Crippen molar-refractivity contribution in [3.8, 4) is 11.6 Å².